The molecule has 1 aliphatic heterocycles. The molecule has 0 spiro atoms. The Morgan fingerprint density at radius 3 is 2.90 bits per heavy atom. The normalized spacial score (nSPS) is 22.6. The van der Waals surface area contributed by atoms with E-state index in [1.807, 2.05) is 0 Å². The fourth-order valence-corrected chi connectivity index (χ4v) is 2.51. The van der Waals surface area contributed by atoms with Crippen molar-refractivity contribution in [3.8, 4) is 0 Å². The topological polar surface area (TPSA) is 89.9 Å². The van der Waals surface area contributed by atoms with Crippen molar-refractivity contribution in [3.05, 3.63) is 12.0 Å². The molecule has 1 saturated heterocycles. The first kappa shape index (κ1) is 12.8. The number of aryl methyl sites for hydroxylation is 2. The Labute approximate surface area is 114 Å². The highest BCUT2D eigenvalue weighted by Crippen LogP contribution is 2.32. The number of aromatic nitrogens is 4. The lowest BCUT2D eigenvalue weighted by Crippen LogP contribution is -2.42. The van der Waals surface area contributed by atoms with Crippen molar-refractivity contribution in [2.75, 3.05) is 18.0 Å². The lowest BCUT2D eigenvalue weighted by Gasteiger charge is -2.19. The van der Waals surface area contributed by atoms with Crippen LogP contribution in [0.4, 0.5) is 10.2 Å². The second kappa shape index (κ2) is 4.12. The molecular formula is C12H15FN6O. The molecule has 20 heavy (non-hydrogen) atoms. The van der Waals surface area contributed by atoms with E-state index < -0.39 is 11.6 Å². The summed E-state index contributed by atoms with van der Waals surface area (Å²) in [4.78, 5) is 21.6. The number of primary amides is 1. The molecule has 2 aromatic rings. The molecule has 106 valence electrons. The average Bonchev–Trinajstić information content (AvgIpc) is 2.95. The molecule has 8 heteroatoms. The molecule has 0 saturated carbocycles. The van der Waals surface area contributed by atoms with Gasteiger partial charge in [-0.2, -0.15) is 5.10 Å². The smallest absolute Gasteiger partial charge is 0.257 e. The third kappa shape index (κ3) is 1.79. The van der Waals surface area contributed by atoms with E-state index in [0.717, 1.165) is 5.39 Å². The zero-order chi connectivity index (χ0) is 14.5. The Morgan fingerprint density at radius 2 is 2.25 bits per heavy atom. The van der Waals surface area contributed by atoms with Crippen LogP contribution >= 0.6 is 0 Å². The predicted molar refractivity (Wildman–Crippen MR) is 70.9 cm³/mol. The summed E-state index contributed by atoms with van der Waals surface area (Å²) >= 11 is 0. The third-order valence-electron chi connectivity index (χ3n) is 3.64. The zero-order valence-electron chi connectivity index (χ0n) is 11.3. The van der Waals surface area contributed by atoms with Gasteiger partial charge in [0.05, 0.1) is 18.1 Å². The second-order valence-electron chi connectivity index (χ2n) is 5.10. The number of hydrogen-bond acceptors (Lipinski definition) is 5. The van der Waals surface area contributed by atoms with Gasteiger partial charge >= 0.3 is 0 Å². The van der Waals surface area contributed by atoms with E-state index in [9.17, 15) is 9.18 Å². The summed E-state index contributed by atoms with van der Waals surface area (Å²) < 4.78 is 15.9. The van der Waals surface area contributed by atoms with E-state index in [2.05, 4.69) is 15.1 Å². The molecule has 1 amide bonds. The van der Waals surface area contributed by atoms with Crippen LogP contribution in [0, 0.1) is 6.92 Å². The van der Waals surface area contributed by atoms with E-state index in [4.69, 9.17) is 5.73 Å². The van der Waals surface area contributed by atoms with Crippen molar-refractivity contribution in [2.24, 2.45) is 12.8 Å². The molecule has 1 fully saturated rings. The summed E-state index contributed by atoms with van der Waals surface area (Å²) in [5.41, 5.74) is 3.82. The number of anilines is 1. The molecule has 0 aromatic carbocycles. The van der Waals surface area contributed by atoms with E-state index in [-0.39, 0.29) is 13.0 Å². The van der Waals surface area contributed by atoms with Gasteiger partial charge < -0.3 is 10.6 Å². The first-order valence-electron chi connectivity index (χ1n) is 6.31. The SMILES string of the molecule is Cc1nc(N2CCC(F)(C(N)=O)C2)c2cnn(C)c2n1. The van der Waals surface area contributed by atoms with Crippen LogP contribution in [-0.2, 0) is 11.8 Å². The Morgan fingerprint density at radius 1 is 1.50 bits per heavy atom. The molecule has 1 atom stereocenters. The molecule has 3 heterocycles. The maximum absolute atomic E-state index is 14.3. The second-order valence-corrected chi connectivity index (χ2v) is 5.10. The number of alkyl halides is 1. The Bertz CT molecular complexity index is 699. The highest BCUT2D eigenvalue weighted by molar-refractivity contribution is 5.89. The minimum Gasteiger partial charge on any atom is -0.367 e. The van der Waals surface area contributed by atoms with Gasteiger partial charge in [0.1, 0.15) is 11.6 Å². The van der Waals surface area contributed by atoms with E-state index >= 15 is 0 Å². The molecule has 3 rings (SSSR count). The van der Waals surface area contributed by atoms with E-state index in [1.54, 1.807) is 29.7 Å². The van der Waals surface area contributed by atoms with E-state index in [1.165, 1.54) is 0 Å². The van der Waals surface area contributed by atoms with Crippen LogP contribution in [0.5, 0.6) is 0 Å². The summed E-state index contributed by atoms with van der Waals surface area (Å²) in [5.74, 6) is 0.251. The highest BCUT2D eigenvalue weighted by atomic mass is 19.1. The summed E-state index contributed by atoms with van der Waals surface area (Å²) in [6.07, 6.45) is 1.72. The van der Waals surface area contributed by atoms with Crippen molar-refractivity contribution in [1.29, 1.82) is 0 Å². The number of nitrogens with zero attached hydrogens (tertiary/aromatic N) is 5. The van der Waals surface area contributed by atoms with Crippen molar-refractivity contribution in [3.63, 3.8) is 0 Å². The number of fused-ring (bicyclic) bond motifs is 1. The van der Waals surface area contributed by atoms with Gasteiger partial charge in [-0.1, -0.05) is 0 Å². The van der Waals surface area contributed by atoms with Crippen LogP contribution < -0.4 is 10.6 Å². The van der Waals surface area contributed by atoms with Gasteiger partial charge in [-0.3, -0.25) is 9.48 Å². The minimum atomic E-state index is -1.99. The highest BCUT2D eigenvalue weighted by Gasteiger charge is 2.44. The molecule has 2 aromatic heterocycles. The number of rotatable bonds is 2. The molecule has 7 nitrogen and oxygen atoms in total. The van der Waals surface area contributed by atoms with Gasteiger partial charge in [-0.25, -0.2) is 14.4 Å². The number of hydrogen-bond donors (Lipinski definition) is 1. The van der Waals surface area contributed by atoms with Gasteiger partial charge in [0, 0.05) is 20.0 Å². The quantitative estimate of drug-likeness (QED) is 0.840. The van der Waals surface area contributed by atoms with Gasteiger partial charge in [-0.05, 0) is 6.92 Å². The number of carbonyl (C=O) groups is 1. The van der Waals surface area contributed by atoms with Gasteiger partial charge in [0.25, 0.3) is 5.91 Å². The lowest BCUT2D eigenvalue weighted by molar-refractivity contribution is -0.128. The summed E-state index contributed by atoms with van der Waals surface area (Å²) in [6.45, 7) is 2.07. The summed E-state index contributed by atoms with van der Waals surface area (Å²) in [6, 6.07) is 0. The predicted octanol–water partition coefficient (Wildman–Crippen LogP) is 0.0754. The Hall–Kier alpha value is -2.25. The first-order chi connectivity index (χ1) is 9.40. The zero-order valence-corrected chi connectivity index (χ0v) is 11.3. The van der Waals surface area contributed by atoms with Crippen molar-refractivity contribution >= 4 is 22.8 Å². The summed E-state index contributed by atoms with van der Waals surface area (Å²) in [7, 11) is 1.78. The number of amides is 1. The third-order valence-corrected chi connectivity index (χ3v) is 3.64. The number of halogens is 1. The minimum absolute atomic E-state index is 0.0765. The maximum atomic E-state index is 14.3. The number of nitrogens with two attached hydrogens (primary N) is 1. The Balaban J connectivity index is 2.06. The maximum Gasteiger partial charge on any atom is 0.257 e. The standard InChI is InChI=1S/C12H15FN6O/c1-7-16-9-8(5-15-18(9)2)10(17-7)19-4-3-12(13,6-19)11(14)20/h5H,3-4,6H2,1-2H3,(H2,14,20). The van der Waals surface area contributed by atoms with Crippen LogP contribution in [0.15, 0.2) is 6.20 Å². The van der Waals surface area contributed by atoms with Gasteiger partial charge in [-0.15, -0.1) is 0 Å². The van der Waals surface area contributed by atoms with Crippen LogP contribution in [-0.4, -0.2) is 44.4 Å². The van der Waals surface area contributed by atoms with Crippen LogP contribution in [0.2, 0.25) is 0 Å². The fraction of sp³-hybridized carbons (Fsp3) is 0.500. The van der Waals surface area contributed by atoms with Gasteiger partial charge in [0.2, 0.25) is 5.67 Å². The lowest BCUT2D eigenvalue weighted by atomic mass is 10.1. The molecule has 0 aliphatic carbocycles. The molecule has 1 aliphatic rings. The van der Waals surface area contributed by atoms with Gasteiger partial charge in [0.15, 0.2) is 5.65 Å². The average molecular weight is 278 g/mol. The fourth-order valence-electron chi connectivity index (χ4n) is 2.51. The Kier molecular flexibility index (Phi) is 2.63. The largest absolute Gasteiger partial charge is 0.367 e. The van der Waals surface area contributed by atoms with Crippen LogP contribution in [0.1, 0.15) is 12.2 Å². The monoisotopic (exact) mass is 278 g/mol. The van der Waals surface area contributed by atoms with Crippen LogP contribution in [0.25, 0.3) is 11.0 Å². The van der Waals surface area contributed by atoms with Crippen LogP contribution in [0.3, 0.4) is 0 Å². The molecule has 1 unspecified atom stereocenters. The molecule has 0 radical (unpaired) electrons. The summed E-state index contributed by atoms with van der Waals surface area (Å²) in [5, 5.41) is 4.88. The molecule has 2 N–H and O–H groups in total. The molecular weight excluding hydrogens is 263 g/mol. The number of carbonyl (C=O) groups excluding carboxylic acids is 1. The first-order valence-corrected chi connectivity index (χ1v) is 6.31. The van der Waals surface area contributed by atoms with Crippen molar-refractivity contribution in [1.82, 2.24) is 19.7 Å². The van der Waals surface area contributed by atoms with Crippen molar-refractivity contribution < 1.29 is 9.18 Å². The van der Waals surface area contributed by atoms with Crippen molar-refractivity contribution in [2.45, 2.75) is 19.0 Å². The molecule has 0 bridgehead atoms. The van der Waals surface area contributed by atoms with E-state index in [0.29, 0.717) is 23.8 Å².